The van der Waals surface area contributed by atoms with Gasteiger partial charge in [0.2, 0.25) is 0 Å². The highest BCUT2D eigenvalue weighted by Gasteiger charge is 2.27. The number of amides is 1. The van der Waals surface area contributed by atoms with Crippen LogP contribution in [0.1, 0.15) is 72.6 Å². The molecule has 29 heavy (non-hydrogen) atoms. The summed E-state index contributed by atoms with van der Waals surface area (Å²) in [7, 11) is 3.61. The molecule has 1 unspecified atom stereocenters. The predicted octanol–water partition coefficient (Wildman–Crippen LogP) is 3.20. The minimum atomic E-state index is -0.470. The number of ether oxygens (including phenoxy) is 1. The van der Waals surface area contributed by atoms with Crippen molar-refractivity contribution >= 4 is 12.1 Å². The molecular formula is C22H43N5O2. The maximum atomic E-state index is 12.2. The normalized spacial score (nSPS) is 21.1. The summed E-state index contributed by atoms with van der Waals surface area (Å²) in [6.07, 6.45) is 8.48. The van der Waals surface area contributed by atoms with Gasteiger partial charge in [0.1, 0.15) is 5.60 Å². The van der Waals surface area contributed by atoms with E-state index in [9.17, 15) is 4.79 Å². The number of hydrogen-bond donors (Lipinski definition) is 2. The van der Waals surface area contributed by atoms with E-state index in [1.807, 2.05) is 34.7 Å². The molecule has 2 rings (SSSR count). The molecule has 0 aromatic rings. The van der Waals surface area contributed by atoms with Gasteiger partial charge in [0.25, 0.3) is 0 Å². The summed E-state index contributed by atoms with van der Waals surface area (Å²) >= 11 is 0. The van der Waals surface area contributed by atoms with E-state index in [1.165, 1.54) is 51.6 Å². The van der Waals surface area contributed by atoms with Gasteiger partial charge < -0.3 is 25.2 Å². The van der Waals surface area contributed by atoms with Crippen LogP contribution in [0.3, 0.4) is 0 Å². The van der Waals surface area contributed by atoms with E-state index in [1.54, 1.807) is 11.9 Å². The van der Waals surface area contributed by atoms with Gasteiger partial charge in [-0.05, 0) is 59.8 Å². The third kappa shape index (κ3) is 8.03. The summed E-state index contributed by atoms with van der Waals surface area (Å²) in [5.74, 6) is 0.858. The summed E-state index contributed by atoms with van der Waals surface area (Å²) < 4.78 is 5.44. The van der Waals surface area contributed by atoms with Crippen molar-refractivity contribution in [2.75, 3.05) is 33.7 Å². The van der Waals surface area contributed by atoms with Crippen molar-refractivity contribution in [3.63, 3.8) is 0 Å². The molecule has 1 amide bonds. The van der Waals surface area contributed by atoms with Gasteiger partial charge in [-0.15, -0.1) is 0 Å². The Kier molecular flexibility index (Phi) is 9.05. The van der Waals surface area contributed by atoms with Crippen LogP contribution in [0.5, 0.6) is 0 Å². The quantitative estimate of drug-likeness (QED) is 0.521. The maximum Gasteiger partial charge on any atom is 0.410 e. The summed E-state index contributed by atoms with van der Waals surface area (Å²) in [5, 5.41) is 6.98. The number of piperidine rings is 1. The fraction of sp³-hybridized carbons (Fsp3) is 0.909. The lowest BCUT2D eigenvalue weighted by Crippen LogP contribution is -2.50. The molecule has 2 fully saturated rings. The van der Waals surface area contributed by atoms with Gasteiger partial charge in [-0.3, -0.25) is 4.99 Å². The molecule has 0 spiro atoms. The first-order valence-corrected chi connectivity index (χ1v) is 11.4. The highest BCUT2D eigenvalue weighted by atomic mass is 16.6. The summed E-state index contributed by atoms with van der Waals surface area (Å²) in [6.45, 7) is 10.8. The lowest BCUT2D eigenvalue weighted by atomic mass is 10.0. The van der Waals surface area contributed by atoms with E-state index in [0.717, 1.165) is 25.0 Å². The predicted molar refractivity (Wildman–Crippen MR) is 119 cm³/mol. The third-order valence-corrected chi connectivity index (χ3v) is 6.13. The second-order valence-corrected chi connectivity index (χ2v) is 9.62. The zero-order chi connectivity index (χ0) is 21.4. The van der Waals surface area contributed by atoms with Crippen molar-refractivity contribution in [3.8, 4) is 0 Å². The Morgan fingerprint density at radius 3 is 2.38 bits per heavy atom. The molecule has 2 N–H and O–H groups in total. The van der Waals surface area contributed by atoms with Crippen molar-refractivity contribution in [3.05, 3.63) is 0 Å². The number of nitrogens with zero attached hydrogens (tertiary/aromatic N) is 3. The molecule has 1 aliphatic carbocycles. The molecule has 1 heterocycles. The molecule has 0 aromatic heterocycles. The standard InChI is InChI=1S/C22H43N5O2/c1-17(26(6)21(28)29-22(2,3)4)11-14-24-20(23-5)25-18-12-15-27(16-13-18)19-9-7-8-10-19/h17-19H,7-16H2,1-6H3,(H2,23,24,25). The van der Waals surface area contributed by atoms with E-state index >= 15 is 0 Å². The first kappa shape index (κ1) is 23.8. The second-order valence-electron chi connectivity index (χ2n) is 9.62. The Bertz CT molecular complexity index is 532. The Morgan fingerprint density at radius 2 is 1.83 bits per heavy atom. The summed E-state index contributed by atoms with van der Waals surface area (Å²) in [4.78, 5) is 20.9. The van der Waals surface area contributed by atoms with Gasteiger partial charge in [0.05, 0.1) is 0 Å². The van der Waals surface area contributed by atoms with Crippen LogP contribution in [0.15, 0.2) is 4.99 Å². The number of rotatable bonds is 6. The average Bonchev–Trinajstić information content (AvgIpc) is 3.20. The lowest BCUT2D eigenvalue weighted by molar-refractivity contribution is 0.0230. The SMILES string of the molecule is CN=C(NCCC(C)N(C)C(=O)OC(C)(C)C)NC1CCN(C2CCCC2)CC1. The van der Waals surface area contributed by atoms with Crippen LogP contribution in [0.2, 0.25) is 0 Å². The summed E-state index contributed by atoms with van der Waals surface area (Å²) in [6, 6.07) is 1.41. The van der Waals surface area contributed by atoms with Crippen LogP contribution in [-0.4, -0.2) is 79.3 Å². The zero-order valence-electron chi connectivity index (χ0n) is 19.5. The van der Waals surface area contributed by atoms with Gasteiger partial charge in [0.15, 0.2) is 5.96 Å². The van der Waals surface area contributed by atoms with Crippen LogP contribution >= 0.6 is 0 Å². The molecule has 7 heteroatoms. The third-order valence-electron chi connectivity index (χ3n) is 6.13. The van der Waals surface area contributed by atoms with E-state index in [2.05, 4.69) is 20.5 Å². The van der Waals surface area contributed by atoms with E-state index in [-0.39, 0.29) is 12.1 Å². The van der Waals surface area contributed by atoms with E-state index in [0.29, 0.717) is 6.04 Å². The van der Waals surface area contributed by atoms with Crippen molar-refractivity contribution in [2.24, 2.45) is 4.99 Å². The fourth-order valence-electron chi connectivity index (χ4n) is 4.17. The van der Waals surface area contributed by atoms with Crippen LogP contribution in [-0.2, 0) is 4.74 Å². The average molecular weight is 410 g/mol. The number of hydrogen-bond acceptors (Lipinski definition) is 4. The molecule has 7 nitrogen and oxygen atoms in total. The molecule has 0 aromatic carbocycles. The summed E-state index contributed by atoms with van der Waals surface area (Å²) in [5.41, 5.74) is -0.470. The molecule has 1 saturated carbocycles. The van der Waals surface area contributed by atoms with Crippen LogP contribution < -0.4 is 10.6 Å². The Labute approximate surface area is 177 Å². The monoisotopic (exact) mass is 409 g/mol. The van der Waals surface area contributed by atoms with Crippen LogP contribution in [0.25, 0.3) is 0 Å². The fourth-order valence-corrected chi connectivity index (χ4v) is 4.17. The molecule has 1 saturated heterocycles. The second kappa shape index (κ2) is 11.0. The molecule has 0 bridgehead atoms. The van der Waals surface area contributed by atoms with Gasteiger partial charge in [0, 0.05) is 51.9 Å². The molecule has 2 aliphatic rings. The number of guanidine groups is 1. The zero-order valence-corrected chi connectivity index (χ0v) is 19.5. The molecule has 0 radical (unpaired) electrons. The lowest BCUT2D eigenvalue weighted by Gasteiger charge is -2.36. The first-order chi connectivity index (χ1) is 13.7. The number of likely N-dealkylation sites (tertiary alicyclic amines) is 1. The number of carbonyl (C=O) groups is 1. The van der Waals surface area contributed by atoms with Gasteiger partial charge in [-0.1, -0.05) is 12.8 Å². The largest absolute Gasteiger partial charge is 0.444 e. The number of nitrogens with one attached hydrogen (secondary N) is 2. The van der Waals surface area contributed by atoms with Crippen molar-refractivity contribution in [1.29, 1.82) is 0 Å². The van der Waals surface area contributed by atoms with Crippen LogP contribution in [0.4, 0.5) is 4.79 Å². The van der Waals surface area contributed by atoms with E-state index < -0.39 is 5.60 Å². The van der Waals surface area contributed by atoms with Gasteiger partial charge >= 0.3 is 6.09 Å². The minimum absolute atomic E-state index is 0.0881. The Morgan fingerprint density at radius 1 is 1.21 bits per heavy atom. The topological polar surface area (TPSA) is 69.2 Å². The van der Waals surface area contributed by atoms with E-state index in [4.69, 9.17) is 4.74 Å². The first-order valence-electron chi connectivity index (χ1n) is 11.4. The van der Waals surface area contributed by atoms with Crippen LogP contribution in [0, 0.1) is 0 Å². The highest BCUT2D eigenvalue weighted by molar-refractivity contribution is 5.79. The Hall–Kier alpha value is -1.50. The van der Waals surface area contributed by atoms with Crippen molar-refractivity contribution in [2.45, 2.75) is 96.4 Å². The molecule has 168 valence electrons. The van der Waals surface area contributed by atoms with Crippen molar-refractivity contribution < 1.29 is 9.53 Å². The molecule has 1 atom stereocenters. The van der Waals surface area contributed by atoms with Gasteiger partial charge in [-0.25, -0.2) is 4.79 Å². The minimum Gasteiger partial charge on any atom is -0.444 e. The van der Waals surface area contributed by atoms with Crippen molar-refractivity contribution in [1.82, 2.24) is 20.4 Å². The number of aliphatic imine (C=N–C) groups is 1. The smallest absolute Gasteiger partial charge is 0.410 e. The Balaban J connectivity index is 1.66. The maximum absolute atomic E-state index is 12.2. The van der Waals surface area contributed by atoms with Gasteiger partial charge in [-0.2, -0.15) is 0 Å². The highest BCUT2D eigenvalue weighted by Crippen LogP contribution is 2.26. The molecule has 1 aliphatic heterocycles. The number of carbonyl (C=O) groups excluding carboxylic acids is 1. The molecular weight excluding hydrogens is 366 g/mol.